The van der Waals surface area contributed by atoms with E-state index in [1.54, 1.807) is 14.0 Å². The Morgan fingerprint density at radius 2 is 2.22 bits per heavy atom. The number of hydrogen-bond donors (Lipinski definition) is 1. The highest BCUT2D eigenvalue weighted by Crippen LogP contribution is 2.44. The fraction of sp³-hybridized carbons (Fsp3) is 0.800. The summed E-state index contributed by atoms with van der Waals surface area (Å²) in [6.45, 7) is 3.86. The number of carboxylic acids is 1. The summed E-state index contributed by atoms with van der Waals surface area (Å²) in [6, 6.07) is 0. The molecule has 1 N–H and O–H groups in total. The van der Waals surface area contributed by atoms with Gasteiger partial charge in [-0.15, -0.1) is 0 Å². The minimum Gasteiger partial charge on any atom is -0.478 e. The first-order valence-electron chi connectivity index (χ1n) is 7.01. The van der Waals surface area contributed by atoms with Gasteiger partial charge in [-0.3, -0.25) is 0 Å². The fourth-order valence-corrected chi connectivity index (χ4v) is 3.11. The number of aliphatic carboxylic acids is 1. The molecule has 1 saturated carbocycles. The van der Waals surface area contributed by atoms with Crippen LogP contribution < -0.4 is 0 Å². The molecule has 0 aliphatic heterocycles. The number of ether oxygens (including phenoxy) is 1. The van der Waals surface area contributed by atoms with Gasteiger partial charge in [0.05, 0.1) is 6.10 Å². The first kappa shape index (κ1) is 15.2. The molecule has 1 aliphatic carbocycles. The Morgan fingerprint density at radius 3 is 2.78 bits per heavy atom. The van der Waals surface area contributed by atoms with Gasteiger partial charge in [0.25, 0.3) is 0 Å². The number of carbonyl (C=O) groups is 1. The zero-order chi connectivity index (χ0) is 13.6. The van der Waals surface area contributed by atoms with E-state index >= 15 is 0 Å². The molecular formula is C15H26O3. The lowest BCUT2D eigenvalue weighted by atomic mass is 9.68. The molecule has 0 aromatic carbocycles. The van der Waals surface area contributed by atoms with Gasteiger partial charge in [0.1, 0.15) is 0 Å². The highest BCUT2D eigenvalue weighted by molar-refractivity contribution is 5.85. The second-order valence-corrected chi connectivity index (χ2v) is 5.44. The normalized spacial score (nSPS) is 29.3. The van der Waals surface area contributed by atoms with Gasteiger partial charge in [0, 0.05) is 18.1 Å². The molecule has 0 heterocycles. The summed E-state index contributed by atoms with van der Waals surface area (Å²) in [4.78, 5) is 11.1. The molecule has 0 amide bonds. The Balaban J connectivity index is 2.98. The SMILES string of the molecule is CCCCC1(C=C(C)C(=O)O)CCCCC1OC. The third-order valence-corrected chi connectivity index (χ3v) is 4.12. The van der Waals surface area contributed by atoms with Crippen molar-refractivity contribution in [2.75, 3.05) is 7.11 Å². The molecule has 1 fully saturated rings. The van der Waals surface area contributed by atoms with Crippen LogP contribution in [0.2, 0.25) is 0 Å². The highest BCUT2D eigenvalue weighted by atomic mass is 16.5. The second-order valence-electron chi connectivity index (χ2n) is 5.44. The third kappa shape index (κ3) is 3.58. The number of carboxylic acid groups (broad SMARTS) is 1. The van der Waals surface area contributed by atoms with Crippen LogP contribution in [0.15, 0.2) is 11.6 Å². The molecule has 104 valence electrons. The summed E-state index contributed by atoms with van der Waals surface area (Å²) in [5, 5.41) is 9.10. The van der Waals surface area contributed by atoms with Crippen LogP contribution in [0.1, 0.15) is 58.8 Å². The van der Waals surface area contributed by atoms with Gasteiger partial charge in [-0.1, -0.05) is 38.7 Å². The Hall–Kier alpha value is -0.830. The van der Waals surface area contributed by atoms with Crippen molar-refractivity contribution in [1.29, 1.82) is 0 Å². The van der Waals surface area contributed by atoms with Crippen LogP contribution in [-0.2, 0) is 9.53 Å². The maximum Gasteiger partial charge on any atom is 0.330 e. The third-order valence-electron chi connectivity index (χ3n) is 4.12. The van der Waals surface area contributed by atoms with E-state index in [1.165, 1.54) is 12.8 Å². The quantitative estimate of drug-likeness (QED) is 0.734. The predicted molar refractivity (Wildman–Crippen MR) is 72.6 cm³/mol. The highest BCUT2D eigenvalue weighted by Gasteiger charge is 2.39. The number of unbranched alkanes of at least 4 members (excludes halogenated alkanes) is 1. The Bertz CT molecular complexity index is 309. The molecule has 0 saturated heterocycles. The molecule has 18 heavy (non-hydrogen) atoms. The van der Waals surface area contributed by atoms with Crippen molar-refractivity contribution >= 4 is 5.97 Å². The first-order valence-corrected chi connectivity index (χ1v) is 7.01. The van der Waals surface area contributed by atoms with Gasteiger partial charge in [-0.25, -0.2) is 4.79 Å². The molecule has 3 heteroatoms. The smallest absolute Gasteiger partial charge is 0.330 e. The van der Waals surface area contributed by atoms with E-state index in [0.717, 1.165) is 32.1 Å². The van der Waals surface area contributed by atoms with Crippen molar-refractivity contribution in [3.8, 4) is 0 Å². The summed E-state index contributed by atoms with van der Waals surface area (Å²) in [7, 11) is 1.75. The van der Waals surface area contributed by atoms with Crippen molar-refractivity contribution in [3.63, 3.8) is 0 Å². The number of methoxy groups -OCH3 is 1. The summed E-state index contributed by atoms with van der Waals surface area (Å²) in [5.74, 6) is -0.814. The summed E-state index contributed by atoms with van der Waals surface area (Å²) in [5.41, 5.74) is 0.390. The van der Waals surface area contributed by atoms with Crippen LogP contribution in [0.4, 0.5) is 0 Å². The molecular weight excluding hydrogens is 228 g/mol. The lowest BCUT2D eigenvalue weighted by Crippen LogP contribution is -2.38. The van der Waals surface area contributed by atoms with Crippen LogP contribution in [0, 0.1) is 5.41 Å². The zero-order valence-electron chi connectivity index (χ0n) is 11.9. The molecule has 0 aromatic heterocycles. The molecule has 2 unspecified atom stereocenters. The van der Waals surface area contributed by atoms with Gasteiger partial charge >= 0.3 is 5.97 Å². The number of hydrogen-bond acceptors (Lipinski definition) is 2. The van der Waals surface area contributed by atoms with E-state index in [0.29, 0.717) is 5.57 Å². The molecule has 1 aliphatic rings. The number of rotatable bonds is 6. The van der Waals surface area contributed by atoms with Crippen molar-refractivity contribution in [1.82, 2.24) is 0 Å². The molecule has 0 radical (unpaired) electrons. The first-order chi connectivity index (χ1) is 8.55. The van der Waals surface area contributed by atoms with Crippen molar-refractivity contribution in [2.45, 2.75) is 64.9 Å². The topological polar surface area (TPSA) is 46.5 Å². The Labute approximate surface area is 110 Å². The van der Waals surface area contributed by atoms with E-state index < -0.39 is 5.97 Å². The van der Waals surface area contributed by atoms with Gasteiger partial charge in [0.2, 0.25) is 0 Å². The average Bonchev–Trinajstić information content (AvgIpc) is 2.36. The predicted octanol–water partition coefficient (Wildman–Crippen LogP) is 3.78. The average molecular weight is 254 g/mol. The van der Waals surface area contributed by atoms with Crippen molar-refractivity contribution in [3.05, 3.63) is 11.6 Å². The van der Waals surface area contributed by atoms with Gasteiger partial charge < -0.3 is 9.84 Å². The minimum atomic E-state index is -0.814. The monoisotopic (exact) mass is 254 g/mol. The van der Waals surface area contributed by atoms with Gasteiger partial charge in [-0.2, -0.15) is 0 Å². The summed E-state index contributed by atoms with van der Waals surface area (Å²) in [6.07, 6.45) is 9.90. The van der Waals surface area contributed by atoms with Crippen molar-refractivity contribution in [2.24, 2.45) is 5.41 Å². The largest absolute Gasteiger partial charge is 0.478 e. The Morgan fingerprint density at radius 1 is 1.50 bits per heavy atom. The molecule has 3 nitrogen and oxygen atoms in total. The maximum atomic E-state index is 11.1. The van der Waals surface area contributed by atoms with E-state index in [-0.39, 0.29) is 11.5 Å². The van der Waals surface area contributed by atoms with E-state index in [9.17, 15) is 4.79 Å². The summed E-state index contributed by atoms with van der Waals surface area (Å²) < 4.78 is 5.65. The summed E-state index contributed by atoms with van der Waals surface area (Å²) >= 11 is 0. The molecule has 1 rings (SSSR count). The molecule has 0 spiro atoms. The van der Waals surface area contributed by atoms with Crippen LogP contribution in [0.3, 0.4) is 0 Å². The standard InChI is InChI=1S/C15H26O3/c1-4-5-9-15(11-12(2)14(16)17)10-7-6-8-13(15)18-3/h11,13H,4-10H2,1-3H3,(H,16,17). The van der Waals surface area contributed by atoms with Crippen LogP contribution in [-0.4, -0.2) is 24.3 Å². The molecule has 0 aromatic rings. The molecule has 0 bridgehead atoms. The van der Waals surface area contributed by atoms with Crippen LogP contribution in [0.5, 0.6) is 0 Å². The Kier molecular flexibility index (Phi) is 5.86. The van der Waals surface area contributed by atoms with Crippen LogP contribution >= 0.6 is 0 Å². The molecule has 2 atom stereocenters. The second kappa shape index (κ2) is 6.93. The lowest BCUT2D eigenvalue weighted by Gasteiger charge is -2.42. The zero-order valence-corrected chi connectivity index (χ0v) is 11.9. The van der Waals surface area contributed by atoms with E-state index in [1.807, 2.05) is 6.08 Å². The van der Waals surface area contributed by atoms with Gasteiger partial charge in [0.15, 0.2) is 0 Å². The van der Waals surface area contributed by atoms with E-state index in [2.05, 4.69) is 6.92 Å². The van der Waals surface area contributed by atoms with E-state index in [4.69, 9.17) is 9.84 Å². The fourth-order valence-electron chi connectivity index (χ4n) is 3.11. The van der Waals surface area contributed by atoms with Crippen LogP contribution in [0.25, 0.3) is 0 Å². The maximum absolute atomic E-state index is 11.1. The lowest BCUT2D eigenvalue weighted by molar-refractivity contribution is -0.132. The minimum absolute atomic E-state index is 0.0640. The van der Waals surface area contributed by atoms with Crippen molar-refractivity contribution < 1.29 is 14.6 Å². The van der Waals surface area contributed by atoms with Gasteiger partial charge in [-0.05, 0) is 26.2 Å².